The molecule has 2 rings (SSSR count). The molecule has 0 amide bonds. The molecule has 0 saturated carbocycles. The van der Waals surface area contributed by atoms with Crippen LogP contribution in [0.1, 0.15) is 42.3 Å². The van der Waals surface area contributed by atoms with Crippen molar-refractivity contribution in [2.75, 3.05) is 5.73 Å². The van der Waals surface area contributed by atoms with Gasteiger partial charge in [0.1, 0.15) is 17.4 Å². The minimum Gasteiger partial charge on any atom is -0.438 e. The third kappa shape index (κ3) is 2.90. The Morgan fingerprint density at radius 1 is 1.10 bits per heavy atom. The van der Waals surface area contributed by atoms with Crippen molar-refractivity contribution in [3.05, 3.63) is 40.7 Å². The van der Waals surface area contributed by atoms with Gasteiger partial charge in [0.15, 0.2) is 0 Å². The van der Waals surface area contributed by atoms with Crippen LogP contribution in [0.15, 0.2) is 18.2 Å². The fourth-order valence-electron chi connectivity index (χ4n) is 1.81. The maximum atomic E-state index is 5.96. The number of hydrogen-bond donors (Lipinski definition) is 1. The van der Waals surface area contributed by atoms with Crippen LogP contribution in [0.3, 0.4) is 0 Å². The molecule has 0 aliphatic heterocycles. The number of anilines is 1. The predicted molar refractivity (Wildman–Crippen MR) is 81.3 cm³/mol. The van der Waals surface area contributed by atoms with Crippen molar-refractivity contribution < 1.29 is 4.74 Å². The fourth-order valence-corrected chi connectivity index (χ4v) is 1.81. The van der Waals surface area contributed by atoms with Gasteiger partial charge in [-0.25, -0.2) is 4.98 Å². The number of nitrogens with two attached hydrogens (primary N) is 1. The molecule has 20 heavy (non-hydrogen) atoms. The van der Waals surface area contributed by atoms with Gasteiger partial charge in [-0.1, -0.05) is 26.0 Å². The molecule has 0 bridgehead atoms. The van der Waals surface area contributed by atoms with E-state index in [4.69, 9.17) is 10.5 Å². The Morgan fingerprint density at radius 2 is 1.80 bits per heavy atom. The first-order chi connectivity index (χ1) is 9.38. The zero-order valence-corrected chi connectivity index (χ0v) is 12.7. The molecule has 0 atom stereocenters. The number of aromatic nitrogens is 2. The molecule has 0 fully saturated rings. The molecule has 2 N–H and O–H groups in total. The van der Waals surface area contributed by atoms with Gasteiger partial charge in [-0.2, -0.15) is 4.98 Å². The largest absolute Gasteiger partial charge is 0.438 e. The van der Waals surface area contributed by atoms with Gasteiger partial charge in [0, 0.05) is 5.92 Å². The molecule has 0 unspecified atom stereocenters. The van der Waals surface area contributed by atoms with Crippen LogP contribution in [0, 0.1) is 20.8 Å². The Hall–Kier alpha value is -2.10. The van der Waals surface area contributed by atoms with Crippen LogP contribution in [0.4, 0.5) is 5.82 Å². The van der Waals surface area contributed by atoms with Crippen molar-refractivity contribution in [2.24, 2.45) is 0 Å². The van der Waals surface area contributed by atoms with Gasteiger partial charge in [0.05, 0.1) is 5.56 Å². The molecule has 0 aliphatic carbocycles. The lowest BCUT2D eigenvalue weighted by Crippen LogP contribution is -2.06. The fraction of sp³-hybridized carbons (Fsp3) is 0.375. The van der Waals surface area contributed by atoms with E-state index in [2.05, 4.69) is 16.0 Å². The number of hydrogen-bond acceptors (Lipinski definition) is 4. The van der Waals surface area contributed by atoms with Gasteiger partial charge in [-0.15, -0.1) is 0 Å². The smallest absolute Gasteiger partial charge is 0.227 e. The van der Waals surface area contributed by atoms with Gasteiger partial charge in [0.25, 0.3) is 0 Å². The number of benzene rings is 1. The van der Waals surface area contributed by atoms with Crippen molar-refractivity contribution in [1.82, 2.24) is 9.97 Å². The van der Waals surface area contributed by atoms with Crippen LogP contribution < -0.4 is 10.5 Å². The highest BCUT2D eigenvalue weighted by atomic mass is 16.5. The first-order valence-corrected chi connectivity index (χ1v) is 6.77. The van der Waals surface area contributed by atoms with Crippen LogP contribution in [0.5, 0.6) is 11.6 Å². The van der Waals surface area contributed by atoms with E-state index in [-0.39, 0.29) is 5.92 Å². The van der Waals surface area contributed by atoms with E-state index in [0.717, 1.165) is 22.4 Å². The summed E-state index contributed by atoms with van der Waals surface area (Å²) in [5, 5.41) is 0. The van der Waals surface area contributed by atoms with E-state index in [1.54, 1.807) is 0 Å². The third-order valence-corrected chi connectivity index (χ3v) is 3.22. The first-order valence-electron chi connectivity index (χ1n) is 6.77. The number of ether oxygens (including phenoxy) is 1. The summed E-state index contributed by atoms with van der Waals surface area (Å²) in [4.78, 5) is 8.79. The van der Waals surface area contributed by atoms with Crippen molar-refractivity contribution in [1.29, 1.82) is 0 Å². The summed E-state index contributed by atoms with van der Waals surface area (Å²) < 4.78 is 5.96. The number of nitrogen functional groups attached to an aromatic ring is 1. The minimum atomic E-state index is 0.207. The molecule has 4 heteroatoms. The summed E-state index contributed by atoms with van der Waals surface area (Å²) in [7, 11) is 0. The average molecular weight is 271 g/mol. The van der Waals surface area contributed by atoms with Crippen molar-refractivity contribution >= 4 is 5.82 Å². The van der Waals surface area contributed by atoms with E-state index in [9.17, 15) is 0 Å². The molecule has 1 aromatic carbocycles. The van der Waals surface area contributed by atoms with E-state index < -0.39 is 0 Å². The van der Waals surface area contributed by atoms with Gasteiger partial charge in [-0.05, 0) is 38.0 Å². The standard InChI is InChI=1S/C16H21N3O/c1-9(2)15-18-14(17)12(5)16(19-15)20-13-8-10(3)6-7-11(13)4/h6-9H,1-5H3,(H2,17,18,19). The van der Waals surface area contributed by atoms with Gasteiger partial charge in [0.2, 0.25) is 5.88 Å². The third-order valence-electron chi connectivity index (χ3n) is 3.22. The molecular weight excluding hydrogens is 250 g/mol. The normalized spacial score (nSPS) is 10.9. The van der Waals surface area contributed by atoms with Crippen LogP contribution in [0.2, 0.25) is 0 Å². The Bertz CT molecular complexity index is 636. The molecule has 0 saturated heterocycles. The quantitative estimate of drug-likeness (QED) is 0.919. The molecule has 2 aromatic rings. The first kappa shape index (κ1) is 14.3. The average Bonchev–Trinajstić information content (AvgIpc) is 2.38. The van der Waals surface area contributed by atoms with Crippen molar-refractivity contribution in [3.63, 3.8) is 0 Å². The van der Waals surface area contributed by atoms with E-state index >= 15 is 0 Å². The van der Waals surface area contributed by atoms with Crippen LogP contribution in [0.25, 0.3) is 0 Å². The SMILES string of the molecule is Cc1ccc(C)c(Oc2nc(C(C)C)nc(N)c2C)c1. The lowest BCUT2D eigenvalue weighted by atomic mass is 10.1. The highest BCUT2D eigenvalue weighted by Gasteiger charge is 2.14. The highest BCUT2D eigenvalue weighted by Crippen LogP contribution is 2.29. The molecule has 4 nitrogen and oxygen atoms in total. The van der Waals surface area contributed by atoms with Gasteiger partial charge < -0.3 is 10.5 Å². The van der Waals surface area contributed by atoms with Crippen molar-refractivity contribution in [2.45, 2.75) is 40.5 Å². The Labute approximate surface area is 120 Å². The molecule has 0 aliphatic rings. The molecule has 1 aromatic heterocycles. The van der Waals surface area contributed by atoms with E-state index in [0.29, 0.717) is 17.5 Å². The van der Waals surface area contributed by atoms with Gasteiger partial charge >= 0.3 is 0 Å². The predicted octanol–water partition coefficient (Wildman–Crippen LogP) is 3.90. The monoisotopic (exact) mass is 271 g/mol. The second-order valence-corrected chi connectivity index (χ2v) is 5.42. The maximum absolute atomic E-state index is 5.96. The lowest BCUT2D eigenvalue weighted by Gasteiger charge is -2.14. The van der Waals surface area contributed by atoms with Gasteiger partial charge in [-0.3, -0.25) is 0 Å². The minimum absolute atomic E-state index is 0.207. The zero-order chi connectivity index (χ0) is 14.9. The Balaban J connectivity index is 2.45. The molecule has 0 radical (unpaired) electrons. The van der Waals surface area contributed by atoms with Crippen LogP contribution in [-0.4, -0.2) is 9.97 Å². The van der Waals surface area contributed by atoms with Crippen LogP contribution >= 0.6 is 0 Å². The summed E-state index contributed by atoms with van der Waals surface area (Å²) >= 11 is 0. The molecule has 1 heterocycles. The van der Waals surface area contributed by atoms with Crippen LogP contribution in [-0.2, 0) is 0 Å². The van der Waals surface area contributed by atoms with E-state index in [1.807, 2.05) is 46.8 Å². The summed E-state index contributed by atoms with van der Waals surface area (Å²) in [5.41, 5.74) is 8.94. The molecule has 106 valence electrons. The number of rotatable bonds is 3. The second kappa shape index (κ2) is 5.49. The molecule has 0 spiro atoms. The summed E-state index contributed by atoms with van der Waals surface area (Å²) in [6.45, 7) is 9.99. The van der Waals surface area contributed by atoms with E-state index in [1.165, 1.54) is 0 Å². The summed E-state index contributed by atoms with van der Waals surface area (Å²) in [6.07, 6.45) is 0. The second-order valence-electron chi connectivity index (χ2n) is 5.42. The Kier molecular flexibility index (Phi) is 3.93. The number of aryl methyl sites for hydroxylation is 2. The zero-order valence-electron chi connectivity index (χ0n) is 12.7. The number of nitrogens with zero attached hydrogens (tertiary/aromatic N) is 2. The maximum Gasteiger partial charge on any atom is 0.227 e. The van der Waals surface area contributed by atoms with Crippen molar-refractivity contribution in [3.8, 4) is 11.6 Å². The Morgan fingerprint density at radius 3 is 2.45 bits per heavy atom. The molecular formula is C16H21N3O. The lowest BCUT2D eigenvalue weighted by molar-refractivity contribution is 0.449. The topological polar surface area (TPSA) is 61.0 Å². The summed E-state index contributed by atoms with van der Waals surface area (Å²) in [5.74, 6) is 2.73. The summed E-state index contributed by atoms with van der Waals surface area (Å²) in [6, 6.07) is 6.10. The highest BCUT2D eigenvalue weighted by molar-refractivity contribution is 5.47.